The van der Waals surface area contributed by atoms with E-state index in [0.29, 0.717) is 0 Å². The van der Waals surface area contributed by atoms with E-state index in [2.05, 4.69) is 12.1 Å². The molecular weight excluding hydrogens is 422 g/mol. The molecule has 0 bridgehead atoms. The minimum absolute atomic E-state index is 0.0677. The van der Waals surface area contributed by atoms with Gasteiger partial charge in [-0.05, 0) is 53.6 Å². The van der Waals surface area contributed by atoms with Crippen LogP contribution in [0.2, 0.25) is 0 Å². The minimum Gasteiger partial charge on any atom is -0.508 e. The van der Waals surface area contributed by atoms with Crippen molar-refractivity contribution in [1.82, 2.24) is 0 Å². The Balaban J connectivity index is 1.36. The van der Waals surface area contributed by atoms with Crippen LogP contribution in [0.3, 0.4) is 0 Å². The summed E-state index contributed by atoms with van der Waals surface area (Å²) in [5.41, 5.74) is 2.02. The normalized spacial score (nSPS) is 20.5. The highest BCUT2D eigenvalue weighted by Gasteiger charge is 2.34. The van der Waals surface area contributed by atoms with Crippen molar-refractivity contribution in [2.24, 2.45) is 0 Å². The van der Waals surface area contributed by atoms with Gasteiger partial charge in [0.2, 0.25) is 0 Å². The monoisotopic (exact) mass is 450 g/mol. The maximum atomic E-state index is 10.0. The molecule has 3 aromatic rings. The van der Waals surface area contributed by atoms with Gasteiger partial charge in [-0.15, -0.1) is 11.8 Å². The van der Waals surface area contributed by atoms with Crippen LogP contribution in [0.15, 0.2) is 71.6 Å². The molecule has 5 rings (SSSR count). The van der Waals surface area contributed by atoms with Crippen molar-refractivity contribution < 1.29 is 24.6 Å². The molecule has 2 aliphatic rings. The van der Waals surface area contributed by atoms with Gasteiger partial charge in [-0.1, -0.05) is 24.3 Å². The van der Waals surface area contributed by atoms with E-state index >= 15 is 0 Å². The molecule has 0 amide bonds. The van der Waals surface area contributed by atoms with E-state index in [4.69, 9.17) is 9.47 Å². The fourth-order valence-corrected chi connectivity index (χ4v) is 5.78. The van der Waals surface area contributed by atoms with Crippen LogP contribution in [0.25, 0.3) is 0 Å². The Hall–Kier alpha value is -2.83. The first-order chi connectivity index (χ1) is 15.7. The quantitative estimate of drug-likeness (QED) is 0.527. The van der Waals surface area contributed by atoms with Gasteiger partial charge in [0.25, 0.3) is 0 Å². The van der Waals surface area contributed by atoms with Gasteiger partial charge < -0.3 is 24.6 Å². The Morgan fingerprint density at radius 2 is 1.69 bits per heavy atom. The molecule has 0 spiro atoms. The summed E-state index contributed by atoms with van der Waals surface area (Å²) in [5.74, 6) is 2.07. The fraction of sp³-hybridized carbons (Fsp3) is 0.308. The number of benzene rings is 3. The van der Waals surface area contributed by atoms with Crippen LogP contribution in [0.4, 0.5) is 0 Å². The molecule has 32 heavy (non-hydrogen) atoms. The molecule has 0 saturated carbocycles. The molecule has 5 nitrogen and oxygen atoms in total. The Labute approximate surface area is 192 Å². The number of hydrogen-bond donors (Lipinski definition) is 3. The van der Waals surface area contributed by atoms with E-state index < -0.39 is 0 Å². The number of nitrogens with one attached hydrogen (secondary N) is 1. The molecule has 2 aliphatic heterocycles. The second-order valence-electron chi connectivity index (χ2n) is 8.43. The third-order valence-corrected chi connectivity index (χ3v) is 7.50. The van der Waals surface area contributed by atoms with E-state index in [0.717, 1.165) is 40.7 Å². The van der Waals surface area contributed by atoms with Gasteiger partial charge in [0.1, 0.15) is 42.3 Å². The highest BCUT2D eigenvalue weighted by atomic mass is 32.2. The molecule has 166 valence electrons. The third kappa shape index (κ3) is 4.66. The van der Waals surface area contributed by atoms with Crippen LogP contribution in [-0.2, 0) is 0 Å². The SMILES string of the molecule is Oc1cccc([C@H]2Sc3cc(O)ccc3O[C@H]2c2ccc(OCC[NH+]3CCCC3)cc2)c1. The number of quaternary nitrogens is 1. The zero-order chi connectivity index (χ0) is 21.9. The number of fused-ring (bicyclic) bond motifs is 1. The summed E-state index contributed by atoms with van der Waals surface area (Å²) in [5, 5.41) is 19.9. The van der Waals surface area contributed by atoms with Gasteiger partial charge in [0.05, 0.1) is 23.2 Å². The van der Waals surface area contributed by atoms with Crippen molar-refractivity contribution in [3.05, 3.63) is 77.9 Å². The van der Waals surface area contributed by atoms with Crippen molar-refractivity contribution in [1.29, 1.82) is 0 Å². The van der Waals surface area contributed by atoms with E-state index in [-0.39, 0.29) is 22.9 Å². The maximum Gasteiger partial charge on any atom is 0.140 e. The van der Waals surface area contributed by atoms with Gasteiger partial charge in [-0.25, -0.2) is 0 Å². The molecule has 0 aromatic heterocycles. The largest absolute Gasteiger partial charge is 0.508 e. The van der Waals surface area contributed by atoms with Gasteiger partial charge in [0, 0.05) is 12.8 Å². The van der Waals surface area contributed by atoms with Crippen LogP contribution in [-0.4, -0.2) is 36.5 Å². The Morgan fingerprint density at radius 1 is 0.906 bits per heavy atom. The Kier molecular flexibility index (Phi) is 6.14. The number of likely N-dealkylation sites (tertiary alicyclic amines) is 1. The first kappa shape index (κ1) is 21.0. The van der Waals surface area contributed by atoms with Crippen LogP contribution in [0, 0.1) is 0 Å². The number of thioether (sulfide) groups is 1. The van der Waals surface area contributed by atoms with Gasteiger partial charge in [-0.2, -0.15) is 0 Å². The van der Waals surface area contributed by atoms with Crippen LogP contribution in [0.1, 0.15) is 35.3 Å². The first-order valence-electron chi connectivity index (χ1n) is 11.2. The highest BCUT2D eigenvalue weighted by Crippen LogP contribution is 2.54. The summed E-state index contributed by atoms with van der Waals surface area (Å²) in [7, 11) is 0. The maximum absolute atomic E-state index is 10.0. The molecule has 3 N–H and O–H groups in total. The van der Waals surface area contributed by atoms with Gasteiger partial charge >= 0.3 is 0 Å². The van der Waals surface area contributed by atoms with E-state index in [9.17, 15) is 10.2 Å². The zero-order valence-corrected chi connectivity index (χ0v) is 18.7. The number of hydrogen-bond acceptors (Lipinski definition) is 5. The smallest absolute Gasteiger partial charge is 0.140 e. The predicted molar refractivity (Wildman–Crippen MR) is 125 cm³/mol. The lowest BCUT2D eigenvalue weighted by atomic mass is 10.00. The van der Waals surface area contributed by atoms with Crippen molar-refractivity contribution in [2.45, 2.75) is 29.1 Å². The number of ether oxygens (including phenoxy) is 2. The molecule has 0 radical (unpaired) electrons. The van der Waals surface area contributed by atoms with Crippen molar-refractivity contribution in [2.75, 3.05) is 26.2 Å². The molecule has 6 heteroatoms. The summed E-state index contributed by atoms with van der Waals surface area (Å²) in [6, 6.07) is 20.6. The van der Waals surface area contributed by atoms with Crippen LogP contribution in [0.5, 0.6) is 23.0 Å². The van der Waals surface area contributed by atoms with Crippen molar-refractivity contribution >= 4 is 11.8 Å². The average Bonchev–Trinajstić information content (AvgIpc) is 3.32. The topological polar surface area (TPSA) is 63.4 Å². The van der Waals surface area contributed by atoms with E-state index in [1.807, 2.05) is 30.3 Å². The minimum atomic E-state index is -0.234. The number of aromatic hydroxyl groups is 2. The predicted octanol–water partition coefficient (Wildman–Crippen LogP) is 4.12. The molecule has 0 unspecified atom stereocenters. The molecular formula is C26H28NO4S+. The van der Waals surface area contributed by atoms with Crippen molar-refractivity contribution in [3.8, 4) is 23.0 Å². The molecule has 3 aromatic carbocycles. The van der Waals surface area contributed by atoms with Crippen LogP contribution >= 0.6 is 11.8 Å². The highest BCUT2D eigenvalue weighted by molar-refractivity contribution is 7.99. The first-order valence-corrected chi connectivity index (χ1v) is 12.1. The average molecular weight is 451 g/mol. The second-order valence-corrected chi connectivity index (χ2v) is 9.61. The van der Waals surface area contributed by atoms with Crippen LogP contribution < -0.4 is 14.4 Å². The summed E-state index contributed by atoms with van der Waals surface area (Å²) in [6.07, 6.45) is 2.42. The lowest BCUT2D eigenvalue weighted by Gasteiger charge is -2.34. The summed E-state index contributed by atoms with van der Waals surface area (Å²) >= 11 is 1.64. The number of rotatable bonds is 6. The van der Waals surface area contributed by atoms with Crippen molar-refractivity contribution in [3.63, 3.8) is 0 Å². The Bertz CT molecular complexity index is 1070. The Morgan fingerprint density at radius 3 is 2.47 bits per heavy atom. The standard InChI is InChI=1S/C26H27NO4S/c28-20-5-3-4-19(16-20)26-25(31-23-11-8-21(29)17-24(23)32-26)18-6-9-22(10-7-18)30-15-14-27-12-1-2-13-27/h3-11,16-17,25-26,28-29H,1-2,12-15H2/p+1/t25-,26+/m0/s1. The fourth-order valence-electron chi connectivity index (χ4n) is 4.46. The third-order valence-electron chi connectivity index (χ3n) is 6.15. The van der Waals surface area contributed by atoms with Gasteiger partial charge in [0.15, 0.2) is 0 Å². The summed E-state index contributed by atoms with van der Waals surface area (Å²) in [4.78, 5) is 2.52. The molecule has 1 saturated heterocycles. The number of phenolic OH excluding ortho intramolecular Hbond substituents is 2. The van der Waals surface area contributed by atoms with E-state index in [1.165, 1.54) is 25.9 Å². The molecule has 2 heterocycles. The summed E-state index contributed by atoms with van der Waals surface area (Å²) < 4.78 is 12.4. The molecule has 0 aliphatic carbocycles. The lowest BCUT2D eigenvalue weighted by molar-refractivity contribution is -0.887. The summed E-state index contributed by atoms with van der Waals surface area (Å²) in [6.45, 7) is 4.30. The van der Waals surface area contributed by atoms with Gasteiger partial charge in [-0.3, -0.25) is 0 Å². The molecule has 2 atom stereocenters. The number of phenols is 2. The van der Waals surface area contributed by atoms with E-state index in [1.54, 1.807) is 40.9 Å². The zero-order valence-electron chi connectivity index (χ0n) is 17.9. The molecule has 1 fully saturated rings. The lowest BCUT2D eigenvalue weighted by Crippen LogP contribution is -3.10. The second kappa shape index (κ2) is 9.35.